The van der Waals surface area contributed by atoms with E-state index >= 15 is 0 Å². The SMILES string of the molecule is CCCCc1noc(Cn2nc3c(cc2=O)CCCC3)n1. The summed E-state index contributed by atoms with van der Waals surface area (Å²) in [6.45, 7) is 2.38. The maximum absolute atomic E-state index is 12.1. The molecule has 0 bridgehead atoms. The lowest BCUT2D eigenvalue weighted by Crippen LogP contribution is -2.26. The number of aromatic nitrogens is 4. The molecule has 1 aliphatic rings. The van der Waals surface area contributed by atoms with Gasteiger partial charge in [0.1, 0.15) is 6.54 Å². The third-order valence-electron chi connectivity index (χ3n) is 3.82. The molecule has 0 saturated carbocycles. The predicted octanol–water partition coefficient (Wildman–Crippen LogP) is 1.90. The Kier molecular flexibility index (Phi) is 4.13. The van der Waals surface area contributed by atoms with E-state index in [0.29, 0.717) is 11.7 Å². The van der Waals surface area contributed by atoms with Crippen molar-refractivity contribution in [2.24, 2.45) is 0 Å². The van der Waals surface area contributed by atoms with E-state index < -0.39 is 0 Å². The number of hydrogen-bond acceptors (Lipinski definition) is 5. The van der Waals surface area contributed by atoms with Crippen LogP contribution in [0.4, 0.5) is 0 Å². The number of rotatable bonds is 5. The van der Waals surface area contributed by atoms with E-state index in [1.165, 1.54) is 4.68 Å². The standard InChI is InChI=1S/C15H20N4O2/c1-2-3-8-13-16-14(21-18-13)10-19-15(20)9-11-6-4-5-7-12(11)17-19/h9H,2-8,10H2,1H3. The molecule has 0 aliphatic heterocycles. The molecule has 0 atom stereocenters. The van der Waals surface area contributed by atoms with Gasteiger partial charge in [-0.25, -0.2) is 4.68 Å². The predicted molar refractivity (Wildman–Crippen MR) is 77.2 cm³/mol. The van der Waals surface area contributed by atoms with Crippen LogP contribution in [-0.2, 0) is 25.8 Å². The molecule has 0 unspecified atom stereocenters. The molecular formula is C15H20N4O2. The molecule has 1 aliphatic carbocycles. The monoisotopic (exact) mass is 288 g/mol. The Hall–Kier alpha value is -1.98. The highest BCUT2D eigenvalue weighted by atomic mass is 16.5. The van der Waals surface area contributed by atoms with Gasteiger partial charge >= 0.3 is 0 Å². The number of unbranched alkanes of at least 4 members (excludes halogenated alkanes) is 1. The van der Waals surface area contributed by atoms with Gasteiger partial charge in [0, 0.05) is 12.5 Å². The molecule has 3 rings (SSSR count). The molecule has 0 radical (unpaired) electrons. The second kappa shape index (κ2) is 6.20. The summed E-state index contributed by atoms with van der Waals surface area (Å²) in [4.78, 5) is 16.4. The summed E-state index contributed by atoms with van der Waals surface area (Å²) in [6, 6.07) is 1.70. The van der Waals surface area contributed by atoms with Crippen LogP contribution in [0.2, 0.25) is 0 Å². The summed E-state index contributed by atoms with van der Waals surface area (Å²) in [7, 11) is 0. The van der Waals surface area contributed by atoms with Gasteiger partial charge in [0.05, 0.1) is 5.69 Å². The van der Waals surface area contributed by atoms with Crippen molar-refractivity contribution in [3.05, 3.63) is 39.4 Å². The fourth-order valence-corrected chi connectivity index (χ4v) is 2.63. The summed E-state index contributed by atoms with van der Waals surface area (Å²) in [5.74, 6) is 1.16. The van der Waals surface area contributed by atoms with Gasteiger partial charge < -0.3 is 4.52 Å². The van der Waals surface area contributed by atoms with Crippen LogP contribution in [0.25, 0.3) is 0 Å². The van der Waals surface area contributed by atoms with Crippen molar-refractivity contribution in [1.82, 2.24) is 19.9 Å². The van der Waals surface area contributed by atoms with Crippen LogP contribution in [0.3, 0.4) is 0 Å². The second-order valence-corrected chi connectivity index (χ2v) is 5.53. The molecule has 2 aromatic heterocycles. The molecular weight excluding hydrogens is 268 g/mol. The first-order chi connectivity index (χ1) is 10.3. The zero-order valence-corrected chi connectivity index (χ0v) is 12.3. The first-order valence-corrected chi connectivity index (χ1v) is 7.67. The number of hydrogen-bond donors (Lipinski definition) is 0. The van der Waals surface area contributed by atoms with E-state index in [4.69, 9.17) is 4.52 Å². The van der Waals surface area contributed by atoms with E-state index in [2.05, 4.69) is 22.2 Å². The second-order valence-electron chi connectivity index (χ2n) is 5.53. The summed E-state index contributed by atoms with van der Waals surface area (Å²) in [5, 5.41) is 8.39. The van der Waals surface area contributed by atoms with Gasteiger partial charge in [0.15, 0.2) is 5.82 Å². The van der Waals surface area contributed by atoms with Crippen LogP contribution < -0.4 is 5.56 Å². The van der Waals surface area contributed by atoms with Crippen LogP contribution in [0.1, 0.15) is 55.6 Å². The topological polar surface area (TPSA) is 73.8 Å². The number of fused-ring (bicyclic) bond motifs is 1. The fourth-order valence-electron chi connectivity index (χ4n) is 2.63. The summed E-state index contributed by atoms with van der Waals surface area (Å²) in [6.07, 6.45) is 7.13. The van der Waals surface area contributed by atoms with Gasteiger partial charge in [-0.15, -0.1) is 0 Å². The minimum absolute atomic E-state index is 0.0936. The van der Waals surface area contributed by atoms with Crippen LogP contribution in [-0.4, -0.2) is 19.9 Å². The van der Waals surface area contributed by atoms with E-state index in [9.17, 15) is 4.79 Å². The quantitative estimate of drug-likeness (QED) is 0.840. The summed E-state index contributed by atoms with van der Waals surface area (Å²) in [5.41, 5.74) is 2.03. The van der Waals surface area contributed by atoms with Crippen LogP contribution in [0.5, 0.6) is 0 Å². The molecule has 2 heterocycles. The fraction of sp³-hybridized carbons (Fsp3) is 0.600. The van der Waals surface area contributed by atoms with Crippen molar-refractivity contribution < 1.29 is 4.52 Å². The Morgan fingerprint density at radius 2 is 2.19 bits per heavy atom. The highest BCUT2D eigenvalue weighted by Gasteiger charge is 2.15. The third kappa shape index (κ3) is 3.20. The Morgan fingerprint density at radius 3 is 3.05 bits per heavy atom. The molecule has 0 amide bonds. The van der Waals surface area contributed by atoms with Gasteiger partial charge in [-0.05, 0) is 37.7 Å². The van der Waals surface area contributed by atoms with Gasteiger partial charge in [-0.2, -0.15) is 10.1 Å². The highest BCUT2D eigenvalue weighted by molar-refractivity contribution is 5.20. The molecule has 2 aromatic rings. The van der Waals surface area contributed by atoms with E-state index in [-0.39, 0.29) is 12.1 Å². The molecule has 0 fully saturated rings. The van der Waals surface area contributed by atoms with Gasteiger partial charge in [-0.3, -0.25) is 4.79 Å². The Bertz CT molecular complexity index is 675. The Balaban J connectivity index is 1.78. The first-order valence-electron chi connectivity index (χ1n) is 7.67. The van der Waals surface area contributed by atoms with Crippen molar-refractivity contribution in [2.75, 3.05) is 0 Å². The zero-order valence-electron chi connectivity index (χ0n) is 12.3. The molecule has 112 valence electrons. The Labute approximate surface area is 123 Å². The molecule has 0 saturated heterocycles. The molecule has 6 nitrogen and oxygen atoms in total. The largest absolute Gasteiger partial charge is 0.337 e. The van der Waals surface area contributed by atoms with Crippen LogP contribution in [0, 0.1) is 0 Å². The minimum Gasteiger partial charge on any atom is -0.337 e. The van der Waals surface area contributed by atoms with E-state index in [0.717, 1.165) is 56.2 Å². The number of nitrogens with zero attached hydrogens (tertiary/aromatic N) is 4. The maximum Gasteiger partial charge on any atom is 0.267 e. The molecule has 0 aromatic carbocycles. The zero-order chi connectivity index (χ0) is 14.7. The lowest BCUT2D eigenvalue weighted by Gasteiger charge is -2.15. The smallest absolute Gasteiger partial charge is 0.267 e. The van der Waals surface area contributed by atoms with E-state index in [1.807, 2.05) is 0 Å². The van der Waals surface area contributed by atoms with Crippen molar-refractivity contribution in [3.8, 4) is 0 Å². The molecule has 21 heavy (non-hydrogen) atoms. The van der Waals surface area contributed by atoms with Crippen LogP contribution in [0.15, 0.2) is 15.4 Å². The maximum atomic E-state index is 12.1. The normalized spacial score (nSPS) is 14.1. The lowest BCUT2D eigenvalue weighted by atomic mass is 9.97. The van der Waals surface area contributed by atoms with Crippen molar-refractivity contribution in [3.63, 3.8) is 0 Å². The molecule has 6 heteroatoms. The average molecular weight is 288 g/mol. The van der Waals surface area contributed by atoms with Crippen molar-refractivity contribution >= 4 is 0 Å². The Morgan fingerprint density at radius 1 is 1.33 bits per heavy atom. The van der Waals surface area contributed by atoms with E-state index in [1.54, 1.807) is 6.07 Å². The van der Waals surface area contributed by atoms with Crippen molar-refractivity contribution in [2.45, 2.75) is 58.4 Å². The molecule has 0 N–H and O–H groups in total. The number of aryl methyl sites for hydroxylation is 3. The van der Waals surface area contributed by atoms with Gasteiger partial charge in [0.2, 0.25) is 5.89 Å². The summed E-state index contributed by atoms with van der Waals surface area (Å²) < 4.78 is 6.64. The summed E-state index contributed by atoms with van der Waals surface area (Å²) >= 11 is 0. The van der Waals surface area contributed by atoms with Gasteiger partial charge in [0.25, 0.3) is 5.56 Å². The third-order valence-corrected chi connectivity index (χ3v) is 3.82. The van der Waals surface area contributed by atoms with Crippen molar-refractivity contribution in [1.29, 1.82) is 0 Å². The van der Waals surface area contributed by atoms with Gasteiger partial charge in [-0.1, -0.05) is 18.5 Å². The average Bonchev–Trinajstić information content (AvgIpc) is 2.93. The lowest BCUT2D eigenvalue weighted by molar-refractivity contribution is 0.357. The van der Waals surface area contributed by atoms with Crippen LogP contribution >= 0.6 is 0 Å². The first kappa shape index (κ1) is 14.0. The highest BCUT2D eigenvalue weighted by Crippen LogP contribution is 2.17. The minimum atomic E-state index is -0.0936. The molecule has 0 spiro atoms.